The largest absolute Gasteiger partial charge is 0.310 e. The van der Waals surface area contributed by atoms with E-state index >= 15 is 0 Å². The van der Waals surface area contributed by atoms with Gasteiger partial charge in [-0.2, -0.15) is 0 Å². The number of hydrogen-bond acceptors (Lipinski definition) is 4. The predicted octanol–water partition coefficient (Wildman–Crippen LogP) is 10.0. The highest BCUT2D eigenvalue weighted by atomic mass is 15.1. The number of aromatic nitrogens is 3. The number of rotatable bonds is 7. The molecule has 0 N–H and O–H groups in total. The molecule has 6 aromatic carbocycles. The van der Waals surface area contributed by atoms with Crippen LogP contribution in [0.25, 0.3) is 45.3 Å². The first-order chi connectivity index (χ1) is 21.3. The van der Waals surface area contributed by atoms with Crippen LogP contribution >= 0.6 is 0 Å². The molecule has 0 amide bonds. The number of nitrogens with zero attached hydrogens (tertiary/aromatic N) is 4. The molecule has 7 aromatic rings. The highest BCUT2D eigenvalue weighted by molar-refractivity contribution is 5.93. The second-order valence-corrected chi connectivity index (χ2v) is 10.1. The Morgan fingerprint density at radius 3 is 1.19 bits per heavy atom. The van der Waals surface area contributed by atoms with Crippen LogP contribution in [0.3, 0.4) is 0 Å². The Bertz CT molecular complexity index is 1860. The third-order valence-electron chi connectivity index (χ3n) is 7.33. The molecule has 43 heavy (non-hydrogen) atoms. The van der Waals surface area contributed by atoms with Crippen LogP contribution in [0, 0.1) is 0 Å². The number of anilines is 3. The van der Waals surface area contributed by atoms with Gasteiger partial charge in [0.15, 0.2) is 17.5 Å². The molecule has 0 aliphatic rings. The third kappa shape index (κ3) is 5.42. The molecule has 0 saturated carbocycles. The summed E-state index contributed by atoms with van der Waals surface area (Å²) in [4.78, 5) is 17.3. The lowest BCUT2D eigenvalue weighted by molar-refractivity contribution is 1.07. The zero-order valence-corrected chi connectivity index (χ0v) is 23.5. The quantitative estimate of drug-likeness (QED) is 0.197. The van der Waals surface area contributed by atoms with Gasteiger partial charge in [-0.25, -0.2) is 15.0 Å². The minimum absolute atomic E-state index is 0.629. The zero-order valence-electron chi connectivity index (χ0n) is 23.5. The standard InChI is InChI=1S/C39H28N4/c1-5-17-29(18-6-1)37-40-38(30-19-7-2-8-20-30)42-39(41-37)35-27-14-13-25-33(35)34-26-15-16-28-36(34)43(31-21-9-3-10-22-31)32-23-11-4-12-24-32/h1-28H. The van der Waals surface area contributed by atoms with Crippen LogP contribution in [-0.4, -0.2) is 15.0 Å². The molecule has 0 aliphatic heterocycles. The van der Waals surface area contributed by atoms with Crippen molar-refractivity contribution in [1.82, 2.24) is 15.0 Å². The Labute approximate surface area is 251 Å². The summed E-state index contributed by atoms with van der Waals surface area (Å²) in [5.74, 6) is 1.91. The smallest absolute Gasteiger partial charge is 0.164 e. The van der Waals surface area contributed by atoms with E-state index in [1.54, 1.807) is 0 Å². The van der Waals surface area contributed by atoms with Crippen molar-refractivity contribution in [2.75, 3.05) is 4.90 Å². The van der Waals surface area contributed by atoms with E-state index < -0.39 is 0 Å². The first-order valence-electron chi connectivity index (χ1n) is 14.3. The van der Waals surface area contributed by atoms with Crippen molar-refractivity contribution >= 4 is 17.1 Å². The van der Waals surface area contributed by atoms with Gasteiger partial charge in [0.25, 0.3) is 0 Å². The van der Waals surface area contributed by atoms with Gasteiger partial charge in [-0.15, -0.1) is 0 Å². The normalized spacial score (nSPS) is 10.8. The van der Waals surface area contributed by atoms with E-state index in [2.05, 4.69) is 95.9 Å². The molecule has 0 aliphatic carbocycles. The number of hydrogen-bond donors (Lipinski definition) is 0. The van der Waals surface area contributed by atoms with Crippen molar-refractivity contribution in [2.24, 2.45) is 0 Å². The average molecular weight is 553 g/mol. The van der Waals surface area contributed by atoms with E-state index in [4.69, 9.17) is 15.0 Å². The molecule has 0 atom stereocenters. The molecular formula is C39H28N4. The van der Waals surface area contributed by atoms with Gasteiger partial charge in [-0.1, -0.05) is 140 Å². The third-order valence-corrected chi connectivity index (χ3v) is 7.33. The van der Waals surface area contributed by atoms with Crippen LogP contribution in [0.5, 0.6) is 0 Å². The number of benzene rings is 6. The van der Waals surface area contributed by atoms with Crippen molar-refractivity contribution in [3.05, 3.63) is 170 Å². The fourth-order valence-electron chi connectivity index (χ4n) is 5.32. The molecule has 0 unspecified atom stereocenters. The second kappa shape index (κ2) is 11.9. The maximum atomic E-state index is 5.04. The van der Waals surface area contributed by atoms with E-state index in [1.807, 2.05) is 78.9 Å². The molecule has 1 heterocycles. The van der Waals surface area contributed by atoms with E-state index in [0.29, 0.717) is 17.5 Å². The summed E-state index contributed by atoms with van der Waals surface area (Å²) < 4.78 is 0. The molecule has 7 rings (SSSR count). The van der Waals surface area contributed by atoms with Crippen LogP contribution in [-0.2, 0) is 0 Å². The molecule has 0 spiro atoms. The number of para-hydroxylation sites is 3. The molecule has 204 valence electrons. The van der Waals surface area contributed by atoms with Crippen LogP contribution in [0.2, 0.25) is 0 Å². The zero-order chi connectivity index (χ0) is 28.8. The topological polar surface area (TPSA) is 41.9 Å². The fourth-order valence-corrected chi connectivity index (χ4v) is 5.32. The summed E-state index contributed by atoms with van der Waals surface area (Å²) >= 11 is 0. The van der Waals surface area contributed by atoms with Gasteiger partial charge in [0.2, 0.25) is 0 Å². The van der Waals surface area contributed by atoms with Crippen molar-refractivity contribution in [2.45, 2.75) is 0 Å². The molecule has 0 bridgehead atoms. The van der Waals surface area contributed by atoms with E-state index in [0.717, 1.165) is 44.9 Å². The average Bonchev–Trinajstić information content (AvgIpc) is 3.10. The van der Waals surface area contributed by atoms with Gasteiger partial charge in [-0.3, -0.25) is 0 Å². The van der Waals surface area contributed by atoms with Gasteiger partial charge in [-0.05, 0) is 35.9 Å². The Balaban J connectivity index is 1.44. The van der Waals surface area contributed by atoms with Gasteiger partial charge in [0, 0.05) is 33.6 Å². The molecular weight excluding hydrogens is 524 g/mol. The molecule has 0 saturated heterocycles. The van der Waals surface area contributed by atoms with Crippen LogP contribution in [0.15, 0.2) is 170 Å². The van der Waals surface area contributed by atoms with E-state index in [1.165, 1.54) is 0 Å². The van der Waals surface area contributed by atoms with Crippen LogP contribution in [0.1, 0.15) is 0 Å². The lowest BCUT2D eigenvalue weighted by Gasteiger charge is -2.28. The lowest BCUT2D eigenvalue weighted by Crippen LogP contribution is -2.11. The van der Waals surface area contributed by atoms with Gasteiger partial charge in [0.1, 0.15) is 0 Å². The molecule has 4 nitrogen and oxygen atoms in total. The Morgan fingerprint density at radius 2 is 0.674 bits per heavy atom. The second-order valence-electron chi connectivity index (χ2n) is 10.1. The first kappa shape index (κ1) is 26.1. The fraction of sp³-hybridized carbons (Fsp3) is 0. The molecule has 0 fully saturated rings. The highest BCUT2D eigenvalue weighted by Gasteiger charge is 2.20. The SMILES string of the molecule is c1ccc(-c2nc(-c3ccccc3)nc(-c3ccccc3-c3ccccc3N(c3ccccc3)c3ccccc3)n2)cc1. The Morgan fingerprint density at radius 1 is 0.302 bits per heavy atom. The maximum absolute atomic E-state index is 5.04. The van der Waals surface area contributed by atoms with Crippen molar-refractivity contribution in [3.8, 4) is 45.3 Å². The summed E-state index contributed by atoms with van der Waals surface area (Å²) in [5.41, 5.74) is 8.17. The monoisotopic (exact) mass is 552 g/mol. The predicted molar refractivity (Wildman–Crippen MR) is 176 cm³/mol. The molecule has 4 heteroatoms. The van der Waals surface area contributed by atoms with E-state index in [9.17, 15) is 0 Å². The van der Waals surface area contributed by atoms with Crippen molar-refractivity contribution < 1.29 is 0 Å². The summed E-state index contributed by atoms with van der Waals surface area (Å²) in [6.45, 7) is 0. The molecule has 0 radical (unpaired) electrons. The van der Waals surface area contributed by atoms with Gasteiger partial charge >= 0.3 is 0 Å². The van der Waals surface area contributed by atoms with Gasteiger partial charge in [0.05, 0.1) is 5.69 Å². The maximum Gasteiger partial charge on any atom is 0.164 e. The first-order valence-corrected chi connectivity index (χ1v) is 14.3. The summed E-state index contributed by atoms with van der Waals surface area (Å²) in [7, 11) is 0. The Kier molecular flexibility index (Phi) is 7.23. The minimum atomic E-state index is 0.629. The van der Waals surface area contributed by atoms with Gasteiger partial charge < -0.3 is 4.90 Å². The van der Waals surface area contributed by atoms with Crippen molar-refractivity contribution in [3.63, 3.8) is 0 Å². The van der Waals surface area contributed by atoms with Crippen LogP contribution < -0.4 is 4.90 Å². The lowest BCUT2D eigenvalue weighted by atomic mass is 9.96. The summed E-state index contributed by atoms with van der Waals surface area (Å²) in [5, 5.41) is 0. The summed E-state index contributed by atoms with van der Waals surface area (Å²) in [6.07, 6.45) is 0. The van der Waals surface area contributed by atoms with Crippen LogP contribution in [0.4, 0.5) is 17.1 Å². The van der Waals surface area contributed by atoms with E-state index in [-0.39, 0.29) is 0 Å². The molecule has 1 aromatic heterocycles. The minimum Gasteiger partial charge on any atom is -0.310 e. The summed E-state index contributed by atoms with van der Waals surface area (Å²) in [6, 6.07) is 58.0. The Hall–Kier alpha value is -5.87. The highest BCUT2D eigenvalue weighted by Crippen LogP contribution is 2.43. The van der Waals surface area contributed by atoms with Crippen molar-refractivity contribution in [1.29, 1.82) is 0 Å².